The number of hydrogen-bond acceptors (Lipinski definition) is 0. The maximum Gasteiger partial charge on any atom is 0.170 e. The third-order valence-electron chi connectivity index (χ3n) is 4.70. The fraction of sp³-hybridized carbons (Fsp3) is 0.200. The van der Waals surface area contributed by atoms with Crippen LogP contribution >= 0.6 is 0 Å². The molecule has 0 radical (unpaired) electrons. The number of pyridine rings is 2. The van der Waals surface area contributed by atoms with Crippen molar-refractivity contribution in [2.24, 2.45) is 0 Å². The third kappa shape index (κ3) is 4.84. The molecule has 0 saturated carbocycles. The second-order valence-electron chi connectivity index (χ2n) is 6.79. The molecule has 3 aromatic rings. The van der Waals surface area contributed by atoms with Gasteiger partial charge < -0.3 is 0 Å². The Bertz CT molecular complexity index is 936. The second kappa shape index (κ2) is 8.35. The molecule has 0 fully saturated rings. The first-order valence-corrected chi connectivity index (χ1v) is 9.47. The van der Waals surface area contributed by atoms with Crippen LogP contribution in [0.3, 0.4) is 0 Å². The molecule has 2 aromatic heterocycles. The molecule has 5 aliphatic rings. The highest BCUT2D eigenvalue weighted by Crippen LogP contribution is 2.04. The molecular formula is C25H22N2+2. The molecule has 8 rings (SSSR count). The molecule has 6 bridgehead atoms. The molecule has 0 spiro atoms. The zero-order valence-electron chi connectivity index (χ0n) is 15.4. The van der Waals surface area contributed by atoms with Gasteiger partial charge in [0.15, 0.2) is 24.8 Å². The molecule has 0 unspecified atom stereocenters. The van der Waals surface area contributed by atoms with Crippen molar-refractivity contribution in [2.45, 2.75) is 32.4 Å². The number of fused-ring (bicyclic) bond motifs is 1. The monoisotopic (exact) mass is 350 g/mol. The summed E-state index contributed by atoms with van der Waals surface area (Å²) in [6, 6.07) is 16.5. The number of hydrogen-bond donors (Lipinski definition) is 0. The van der Waals surface area contributed by atoms with Gasteiger partial charge in [-0.3, -0.25) is 0 Å². The van der Waals surface area contributed by atoms with Gasteiger partial charge in [-0.2, -0.15) is 0 Å². The summed E-state index contributed by atoms with van der Waals surface area (Å²) in [4.78, 5) is 0. The highest BCUT2D eigenvalue weighted by Gasteiger charge is 2.03. The number of nitrogens with zero attached hydrogens (tertiary/aromatic N) is 2. The number of rotatable bonds is 0. The number of aryl methyl sites for hydroxylation is 2. The molecule has 7 heterocycles. The van der Waals surface area contributed by atoms with Gasteiger partial charge in [-0.1, -0.05) is 23.7 Å². The summed E-state index contributed by atoms with van der Waals surface area (Å²) in [7, 11) is 0. The minimum Gasteiger partial charge on any atom is -0.205 e. The fourth-order valence-corrected chi connectivity index (χ4v) is 3.07. The van der Waals surface area contributed by atoms with Gasteiger partial charge in [-0.05, 0) is 30.7 Å². The first kappa shape index (κ1) is 17.1. The van der Waals surface area contributed by atoms with Crippen LogP contribution in [0.5, 0.6) is 0 Å². The van der Waals surface area contributed by atoms with E-state index >= 15 is 0 Å². The number of aromatic nitrogens is 2. The maximum atomic E-state index is 3.24. The normalized spacial score (nSPS) is 13.2. The van der Waals surface area contributed by atoms with E-state index in [-0.39, 0.29) is 0 Å². The summed E-state index contributed by atoms with van der Waals surface area (Å²) in [6.45, 7) is 2.10. The van der Waals surface area contributed by atoms with Crippen molar-refractivity contribution in [2.75, 3.05) is 0 Å². The molecule has 2 heteroatoms. The highest BCUT2D eigenvalue weighted by molar-refractivity contribution is 5.47. The van der Waals surface area contributed by atoms with Gasteiger partial charge >= 0.3 is 0 Å². The predicted octanol–water partition coefficient (Wildman–Crippen LogP) is 3.25. The molecular weight excluding hydrogens is 328 g/mol. The molecule has 5 aliphatic heterocycles. The Morgan fingerprint density at radius 2 is 0.778 bits per heavy atom. The molecule has 0 saturated heterocycles. The summed E-state index contributed by atoms with van der Waals surface area (Å²) >= 11 is 0. The van der Waals surface area contributed by atoms with E-state index in [0.29, 0.717) is 0 Å². The van der Waals surface area contributed by atoms with E-state index in [1.807, 2.05) is 24.3 Å². The van der Waals surface area contributed by atoms with Gasteiger partial charge in [0.2, 0.25) is 0 Å². The van der Waals surface area contributed by atoms with Crippen molar-refractivity contribution in [3.05, 3.63) is 95.6 Å². The Hall–Kier alpha value is -3.36. The van der Waals surface area contributed by atoms with Crippen molar-refractivity contribution < 1.29 is 9.13 Å². The summed E-state index contributed by atoms with van der Waals surface area (Å²) in [5.41, 5.74) is 4.09. The molecule has 2 nitrogen and oxygen atoms in total. The molecule has 0 aliphatic carbocycles. The molecule has 0 atom stereocenters. The lowest BCUT2D eigenvalue weighted by atomic mass is 10.1. The number of benzene rings is 1. The van der Waals surface area contributed by atoms with Gasteiger partial charge in [-0.15, -0.1) is 0 Å². The SMILES string of the molecule is C1#Cc2cc[n+](cc2)CCCCC[n+]2ccc(cc2)C#Cc2ccc1cc2. The van der Waals surface area contributed by atoms with Crippen LogP contribution in [0.2, 0.25) is 0 Å². The zero-order chi connectivity index (χ0) is 18.3. The summed E-state index contributed by atoms with van der Waals surface area (Å²) in [5.74, 6) is 12.9. The Balaban J connectivity index is 1.62. The first-order valence-electron chi connectivity index (χ1n) is 9.47. The van der Waals surface area contributed by atoms with Crippen LogP contribution in [0.25, 0.3) is 0 Å². The highest BCUT2D eigenvalue weighted by atomic mass is 14.9. The maximum absolute atomic E-state index is 3.24. The van der Waals surface area contributed by atoms with E-state index in [9.17, 15) is 0 Å². The second-order valence-corrected chi connectivity index (χ2v) is 6.79. The predicted molar refractivity (Wildman–Crippen MR) is 106 cm³/mol. The zero-order valence-corrected chi connectivity index (χ0v) is 15.4. The standard InChI is InChI=1S/C25H22N2/c1-2-16-26-18-12-24(13-19-26)10-8-22-4-6-23(7-5-22)9-11-25-14-20-27(17-3-1)21-15-25/h4-7,12-15,18-21H,1-3,16-17H2/q+2. The van der Waals surface area contributed by atoms with Crippen molar-refractivity contribution in [3.8, 4) is 23.7 Å². The Kier molecular flexibility index (Phi) is 5.28. The van der Waals surface area contributed by atoms with E-state index in [1.54, 1.807) is 0 Å². The Morgan fingerprint density at radius 1 is 0.444 bits per heavy atom. The van der Waals surface area contributed by atoms with E-state index in [1.165, 1.54) is 19.3 Å². The fourth-order valence-electron chi connectivity index (χ4n) is 3.07. The van der Waals surface area contributed by atoms with Crippen LogP contribution in [-0.4, -0.2) is 0 Å². The Morgan fingerprint density at radius 3 is 1.15 bits per heavy atom. The quantitative estimate of drug-likeness (QED) is 0.434. The smallest absolute Gasteiger partial charge is 0.170 e. The largest absolute Gasteiger partial charge is 0.205 e. The van der Waals surface area contributed by atoms with Crippen molar-refractivity contribution in [1.82, 2.24) is 0 Å². The topological polar surface area (TPSA) is 7.76 Å². The average molecular weight is 350 g/mol. The first-order chi connectivity index (χ1) is 13.3. The summed E-state index contributed by atoms with van der Waals surface area (Å²) in [6.07, 6.45) is 12.1. The van der Waals surface area contributed by atoms with E-state index in [2.05, 4.69) is 81.9 Å². The van der Waals surface area contributed by atoms with Crippen LogP contribution < -0.4 is 9.13 Å². The van der Waals surface area contributed by atoms with E-state index in [0.717, 1.165) is 35.3 Å². The minimum absolute atomic E-state index is 1.00. The molecule has 0 amide bonds. The minimum atomic E-state index is 1.00. The van der Waals surface area contributed by atoms with Crippen LogP contribution in [0.4, 0.5) is 0 Å². The van der Waals surface area contributed by atoms with E-state index in [4.69, 9.17) is 0 Å². The lowest BCUT2D eigenvalue weighted by Crippen LogP contribution is -2.34. The van der Waals surface area contributed by atoms with Gasteiger partial charge in [0.25, 0.3) is 0 Å². The van der Waals surface area contributed by atoms with Crippen molar-refractivity contribution >= 4 is 0 Å². The molecule has 0 N–H and O–H groups in total. The Labute approximate surface area is 161 Å². The van der Waals surface area contributed by atoms with Crippen LogP contribution in [0.15, 0.2) is 73.3 Å². The molecule has 1 aromatic carbocycles. The van der Waals surface area contributed by atoms with Gasteiger partial charge in [0, 0.05) is 59.4 Å². The van der Waals surface area contributed by atoms with Gasteiger partial charge in [0.05, 0.1) is 0 Å². The summed E-state index contributed by atoms with van der Waals surface area (Å²) in [5, 5.41) is 0. The van der Waals surface area contributed by atoms with Crippen molar-refractivity contribution in [1.29, 1.82) is 0 Å². The molecule has 130 valence electrons. The van der Waals surface area contributed by atoms with Crippen LogP contribution in [-0.2, 0) is 13.1 Å². The average Bonchev–Trinajstić information content (AvgIpc) is 2.73. The van der Waals surface area contributed by atoms with Gasteiger partial charge in [-0.25, -0.2) is 9.13 Å². The van der Waals surface area contributed by atoms with E-state index < -0.39 is 0 Å². The third-order valence-corrected chi connectivity index (χ3v) is 4.70. The molecule has 27 heavy (non-hydrogen) atoms. The van der Waals surface area contributed by atoms with Crippen molar-refractivity contribution in [3.63, 3.8) is 0 Å². The van der Waals surface area contributed by atoms with Gasteiger partial charge in [0.1, 0.15) is 13.1 Å². The van der Waals surface area contributed by atoms with Crippen LogP contribution in [0, 0.1) is 23.7 Å². The summed E-state index contributed by atoms with van der Waals surface area (Å²) < 4.78 is 4.48. The van der Waals surface area contributed by atoms with Crippen LogP contribution in [0.1, 0.15) is 41.5 Å². The lowest BCUT2D eigenvalue weighted by Gasteiger charge is -1.99. The lowest BCUT2D eigenvalue weighted by molar-refractivity contribution is -0.701.